The lowest BCUT2D eigenvalue weighted by Crippen LogP contribution is -2.35. The van der Waals surface area contributed by atoms with Gasteiger partial charge in [0.1, 0.15) is 11.4 Å². The van der Waals surface area contributed by atoms with Crippen LogP contribution in [0.5, 0.6) is 5.75 Å². The standard InChI is InChI=1S/C17H24N2O4/c1-21-14-2-3-15(19-20)16(12-14)18-9-6-13-4-7-17(8-5-13)22-10-11-23-17/h2-3,12-13,18H,4-11H2,1H3. The maximum absolute atomic E-state index is 10.9. The molecule has 1 aliphatic carbocycles. The van der Waals surface area contributed by atoms with E-state index in [9.17, 15) is 4.91 Å². The van der Waals surface area contributed by atoms with Gasteiger partial charge in [-0.1, -0.05) is 0 Å². The van der Waals surface area contributed by atoms with Crippen LogP contribution in [0.1, 0.15) is 32.1 Å². The molecule has 1 saturated carbocycles. The summed E-state index contributed by atoms with van der Waals surface area (Å²) in [5.41, 5.74) is 1.15. The summed E-state index contributed by atoms with van der Waals surface area (Å²) in [7, 11) is 1.61. The first-order valence-electron chi connectivity index (χ1n) is 8.28. The molecule has 3 rings (SSSR count). The molecule has 1 N–H and O–H groups in total. The molecule has 1 heterocycles. The van der Waals surface area contributed by atoms with Gasteiger partial charge in [0.05, 0.1) is 26.0 Å². The van der Waals surface area contributed by atoms with Gasteiger partial charge in [-0.3, -0.25) is 0 Å². The fourth-order valence-corrected chi connectivity index (χ4v) is 3.47. The van der Waals surface area contributed by atoms with E-state index in [1.165, 1.54) is 0 Å². The first kappa shape index (κ1) is 16.2. The number of nitroso groups, excluding NO2 is 1. The van der Waals surface area contributed by atoms with Gasteiger partial charge in [0, 0.05) is 25.5 Å². The van der Waals surface area contributed by atoms with Gasteiger partial charge in [-0.05, 0) is 42.5 Å². The van der Waals surface area contributed by atoms with Gasteiger partial charge in [0.2, 0.25) is 0 Å². The van der Waals surface area contributed by atoms with E-state index in [0.717, 1.165) is 63.3 Å². The molecule has 1 aromatic carbocycles. The summed E-state index contributed by atoms with van der Waals surface area (Å²) >= 11 is 0. The van der Waals surface area contributed by atoms with E-state index in [2.05, 4.69) is 10.5 Å². The zero-order valence-electron chi connectivity index (χ0n) is 13.5. The molecule has 1 saturated heterocycles. The second-order valence-corrected chi connectivity index (χ2v) is 6.24. The van der Waals surface area contributed by atoms with Crippen LogP contribution in [0, 0.1) is 10.8 Å². The molecule has 0 aromatic heterocycles. The third kappa shape index (κ3) is 3.82. The van der Waals surface area contributed by atoms with Crippen molar-refractivity contribution in [2.24, 2.45) is 11.1 Å². The summed E-state index contributed by atoms with van der Waals surface area (Å²) in [6.45, 7) is 2.27. The van der Waals surface area contributed by atoms with E-state index in [1.807, 2.05) is 6.07 Å². The molecule has 0 bridgehead atoms. The minimum Gasteiger partial charge on any atom is -0.497 e. The zero-order chi connectivity index (χ0) is 16.1. The molecule has 1 aromatic rings. The Kier molecular flexibility index (Phi) is 5.13. The smallest absolute Gasteiger partial charge is 0.168 e. The van der Waals surface area contributed by atoms with E-state index in [4.69, 9.17) is 14.2 Å². The Morgan fingerprint density at radius 3 is 2.70 bits per heavy atom. The fourth-order valence-electron chi connectivity index (χ4n) is 3.47. The van der Waals surface area contributed by atoms with Gasteiger partial charge in [-0.15, -0.1) is 4.91 Å². The number of methoxy groups -OCH3 is 1. The van der Waals surface area contributed by atoms with Gasteiger partial charge in [-0.25, -0.2) is 0 Å². The second kappa shape index (κ2) is 7.27. The maximum atomic E-state index is 10.9. The lowest BCUT2D eigenvalue weighted by Gasteiger charge is -2.35. The summed E-state index contributed by atoms with van der Waals surface area (Å²) < 4.78 is 16.7. The quantitative estimate of drug-likeness (QED) is 0.807. The van der Waals surface area contributed by atoms with Crippen LogP contribution in [-0.4, -0.2) is 32.7 Å². The molecule has 2 fully saturated rings. The fraction of sp³-hybridized carbons (Fsp3) is 0.647. The lowest BCUT2D eigenvalue weighted by atomic mass is 9.83. The second-order valence-electron chi connectivity index (χ2n) is 6.24. The summed E-state index contributed by atoms with van der Waals surface area (Å²) in [4.78, 5) is 10.9. The van der Waals surface area contributed by atoms with Crippen molar-refractivity contribution >= 4 is 11.4 Å². The highest BCUT2D eigenvalue weighted by molar-refractivity contribution is 5.67. The van der Waals surface area contributed by atoms with Crippen molar-refractivity contribution in [2.75, 3.05) is 32.2 Å². The molecular formula is C17H24N2O4. The maximum Gasteiger partial charge on any atom is 0.168 e. The third-order valence-corrected chi connectivity index (χ3v) is 4.85. The molecule has 6 heteroatoms. The molecule has 0 amide bonds. The third-order valence-electron chi connectivity index (χ3n) is 4.85. The minimum atomic E-state index is -0.286. The Labute approximate surface area is 136 Å². The zero-order valence-corrected chi connectivity index (χ0v) is 13.5. The predicted molar refractivity (Wildman–Crippen MR) is 88.1 cm³/mol. The number of hydrogen-bond donors (Lipinski definition) is 1. The van der Waals surface area contributed by atoms with Crippen LogP contribution >= 0.6 is 0 Å². The summed E-state index contributed by atoms with van der Waals surface area (Å²) in [5.74, 6) is 1.10. The van der Waals surface area contributed by atoms with E-state index < -0.39 is 0 Å². The highest BCUT2D eigenvalue weighted by Crippen LogP contribution is 2.39. The first-order valence-corrected chi connectivity index (χ1v) is 8.28. The normalized spacial score (nSPS) is 20.6. The topological polar surface area (TPSA) is 69.2 Å². The van der Waals surface area contributed by atoms with Crippen LogP contribution in [0.25, 0.3) is 0 Å². The molecule has 6 nitrogen and oxygen atoms in total. The van der Waals surface area contributed by atoms with Gasteiger partial charge in [0.15, 0.2) is 5.79 Å². The van der Waals surface area contributed by atoms with Crippen LogP contribution in [-0.2, 0) is 9.47 Å². The predicted octanol–water partition coefficient (Wildman–Crippen LogP) is 3.83. The summed E-state index contributed by atoms with van der Waals surface area (Å²) in [6.07, 6.45) is 5.28. The number of anilines is 1. The van der Waals surface area contributed by atoms with Crippen LogP contribution in [0.4, 0.5) is 11.4 Å². The van der Waals surface area contributed by atoms with Crippen LogP contribution < -0.4 is 10.1 Å². The van der Waals surface area contributed by atoms with Crippen molar-refractivity contribution < 1.29 is 14.2 Å². The van der Waals surface area contributed by atoms with Crippen LogP contribution in [0.15, 0.2) is 23.4 Å². The Balaban J connectivity index is 1.47. The molecule has 1 spiro atoms. The number of rotatable bonds is 6. The molecule has 0 radical (unpaired) electrons. The van der Waals surface area contributed by atoms with Crippen LogP contribution in [0.2, 0.25) is 0 Å². The lowest BCUT2D eigenvalue weighted by molar-refractivity contribution is -0.182. The molecule has 0 atom stereocenters. The average Bonchev–Trinajstić information content (AvgIpc) is 3.05. The minimum absolute atomic E-state index is 0.286. The molecule has 23 heavy (non-hydrogen) atoms. The number of hydrogen-bond acceptors (Lipinski definition) is 6. The Morgan fingerprint density at radius 2 is 2.04 bits per heavy atom. The number of ether oxygens (including phenoxy) is 3. The van der Waals surface area contributed by atoms with E-state index >= 15 is 0 Å². The Morgan fingerprint density at radius 1 is 1.30 bits per heavy atom. The van der Waals surface area contributed by atoms with Crippen molar-refractivity contribution in [3.8, 4) is 5.75 Å². The summed E-state index contributed by atoms with van der Waals surface area (Å²) in [5, 5.41) is 6.37. The number of benzene rings is 1. The molecule has 126 valence electrons. The van der Waals surface area contributed by atoms with Crippen molar-refractivity contribution in [1.82, 2.24) is 0 Å². The molecule has 0 unspecified atom stereocenters. The Bertz CT molecular complexity index is 533. The van der Waals surface area contributed by atoms with E-state index in [1.54, 1.807) is 19.2 Å². The first-order chi connectivity index (χ1) is 11.2. The number of nitrogens with one attached hydrogen (secondary N) is 1. The Hall–Kier alpha value is -1.66. The molecule has 2 aliphatic rings. The van der Waals surface area contributed by atoms with Crippen molar-refractivity contribution in [2.45, 2.75) is 37.9 Å². The van der Waals surface area contributed by atoms with Gasteiger partial charge in [-0.2, -0.15) is 0 Å². The van der Waals surface area contributed by atoms with Gasteiger partial charge >= 0.3 is 0 Å². The van der Waals surface area contributed by atoms with Gasteiger partial charge in [0.25, 0.3) is 0 Å². The van der Waals surface area contributed by atoms with Crippen molar-refractivity contribution in [3.63, 3.8) is 0 Å². The van der Waals surface area contributed by atoms with Gasteiger partial charge < -0.3 is 19.5 Å². The monoisotopic (exact) mass is 320 g/mol. The molecule has 1 aliphatic heterocycles. The molecular weight excluding hydrogens is 296 g/mol. The SMILES string of the molecule is COc1ccc(N=O)c(NCCC2CCC3(CC2)OCCO3)c1. The van der Waals surface area contributed by atoms with E-state index in [0.29, 0.717) is 11.6 Å². The largest absolute Gasteiger partial charge is 0.497 e. The summed E-state index contributed by atoms with van der Waals surface area (Å²) in [6, 6.07) is 5.23. The van der Waals surface area contributed by atoms with Crippen molar-refractivity contribution in [1.29, 1.82) is 0 Å². The average molecular weight is 320 g/mol. The van der Waals surface area contributed by atoms with E-state index in [-0.39, 0.29) is 5.79 Å². The highest BCUT2D eigenvalue weighted by Gasteiger charge is 2.39. The van der Waals surface area contributed by atoms with Crippen LogP contribution in [0.3, 0.4) is 0 Å². The highest BCUT2D eigenvalue weighted by atomic mass is 16.7. The van der Waals surface area contributed by atoms with Crippen molar-refractivity contribution in [3.05, 3.63) is 23.1 Å². The number of nitrogens with zero attached hydrogens (tertiary/aromatic N) is 1.